The number of hydrogen-bond acceptors (Lipinski definition) is 1. The molecule has 0 N–H and O–H groups in total. The van der Waals surface area contributed by atoms with Gasteiger partial charge in [0.05, 0.1) is 12.2 Å². The van der Waals surface area contributed by atoms with E-state index in [1.807, 2.05) is 0 Å². The highest BCUT2D eigenvalue weighted by Crippen LogP contribution is 2.10. The summed E-state index contributed by atoms with van der Waals surface area (Å²) in [5, 5.41) is 0. The molecule has 1 unspecified atom stereocenters. The summed E-state index contributed by atoms with van der Waals surface area (Å²) in [6.45, 7) is 10.8. The van der Waals surface area contributed by atoms with E-state index in [0.717, 1.165) is 5.92 Å². The summed E-state index contributed by atoms with van der Waals surface area (Å²) >= 11 is 0. The lowest BCUT2D eigenvalue weighted by atomic mass is 10.1. The summed E-state index contributed by atoms with van der Waals surface area (Å²) in [7, 11) is 0. The average molecular weight is 158 g/mol. The lowest BCUT2D eigenvalue weighted by Crippen LogP contribution is -2.14. The van der Waals surface area contributed by atoms with Gasteiger partial charge in [-0.25, -0.2) is 0 Å². The first-order valence-corrected chi connectivity index (χ1v) is 4.67. The van der Waals surface area contributed by atoms with Crippen molar-refractivity contribution in [2.75, 3.05) is 0 Å². The SMILES string of the molecule is CC(C)CCC(C)OC(C)C. The van der Waals surface area contributed by atoms with Crippen LogP contribution in [0.25, 0.3) is 0 Å². The minimum atomic E-state index is 0.372. The second-order valence-electron chi connectivity index (χ2n) is 3.97. The molecular formula is C10H22O. The van der Waals surface area contributed by atoms with E-state index in [9.17, 15) is 0 Å². The summed E-state index contributed by atoms with van der Waals surface area (Å²) in [5.41, 5.74) is 0. The summed E-state index contributed by atoms with van der Waals surface area (Å²) in [5.74, 6) is 0.799. The van der Waals surface area contributed by atoms with Gasteiger partial charge in [-0.1, -0.05) is 13.8 Å². The maximum Gasteiger partial charge on any atom is 0.0550 e. The van der Waals surface area contributed by atoms with Crippen LogP contribution < -0.4 is 0 Å². The third-order valence-electron chi connectivity index (χ3n) is 1.66. The topological polar surface area (TPSA) is 9.23 Å². The van der Waals surface area contributed by atoms with Gasteiger partial charge in [0.15, 0.2) is 0 Å². The average Bonchev–Trinajstić information content (AvgIpc) is 1.82. The maximum atomic E-state index is 5.60. The predicted octanol–water partition coefficient (Wildman–Crippen LogP) is 3.24. The zero-order chi connectivity index (χ0) is 8.85. The Kier molecular flexibility index (Phi) is 5.57. The Morgan fingerprint density at radius 2 is 1.45 bits per heavy atom. The van der Waals surface area contributed by atoms with Crippen molar-refractivity contribution in [1.29, 1.82) is 0 Å². The van der Waals surface area contributed by atoms with Crippen LogP contribution in [0, 0.1) is 5.92 Å². The highest BCUT2D eigenvalue weighted by Gasteiger charge is 2.05. The Morgan fingerprint density at radius 3 is 1.82 bits per heavy atom. The summed E-state index contributed by atoms with van der Waals surface area (Å²) in [4.78, 5) is 0. The van der Waals surface area contributed by atoms with Gasteiger partial charge >= 0.3 is 0 Å². The van der Waals surface area contributed by atoms with E-state index >= 15 is 0 Å². The molecule has 1 heteroatoms. The molecule has 68 valence electrons. The fourth-order valence-electron chi connectivity index (χ4n) is 1.10. The molecule has 0 heterocycles. The van der Waals surface area contributed by atoms with E-state index in [-0.39, 0.29) is 0 Å². The van der Waals surface area contributed by atoms with Crippen LogP contribution in [0.15, 0.2) is 0 Å². The van der Waals surface area contributed by atoms with Gasteiger partial charge in [0, 0.05) is 0 Å². The quantitative estimate of drug-likeness (QED) is 0.597. The van der Waals surface area contributed by atoms with Gasteiger partial charge in [-0.05, 0) is 39.5 Å². The second kappa shape index (κ2) is 5.59. The van der Waals surface area contributed by atoms with Crippen molar-refractivity contribution in [3.05, 3.63) is 0 Å². The summed E-state index contributed by atoms with van der Waals surface area (Å²) in [6.07, 6.45) is 3.26. The third kappa shape index (κ3) is 7.86. The van der Waals surface area contributed by atoms with Crippen LogP contribution in [0.1, 0.15) is 47.5 Å². The molecule has 0 radical (unpaired) electrons. The Hall–Kier alpha value is -0.0400. The van der Waals surface area contributed by atoms with E-state index in [1.54, 1.807) is 0 Å². The zero-order valence-electron chi connectivity index (χ0n) is 8.55. The van der Waals surface area contributed by atoms with Gasteiger partial charge < -0.3 is 4.74 Å². The fraction of sp³-hybridized carbons (Fsp3) is 1.00. The van der Waals surface area contributed by atoms with Crippen molar-refractivity contribution in [3.8, 4) is 0 Å². The second-order valence-corrected chi connectivity index (χ2v) is 3.97. The standard InChI is InChI=1S/C10H22O/c1-8(2)6-7-10(5)11-9(3)4/h8-10H,6-7H2,1-5H3. The molecule has 0 fully saturated rings. The van der Waals surface area contributed by atoms with E-state index in [1.165, 1.54) is 12.8 Å². The van der Waals surface area contributed by atoms with Crippen molar-refractivity contribution < 1.29 is 4.74 Å². The molecule has 11 heavy (non-hydrogen) atoms. The van der Waals surface area contributed by atoms with Crippen LogP contribution in [-0.2, 0) is 4.74 Å². The minimum Gasteiger partial charge on any atom is -0.376 e. The lowest BCUT2D eigenvalue weighted by molar-refractivity contribution is 0.0117. The largest absolute Gasteiger partial charge is 0.376 e. The van der Waals surface area contributed by atoms with Gasteiger partial charge in [0.1, 0.15) is 0 Å². The van der Waals surface area contributed by atoms with Crippen molar-refractivity contribution in [2.24, 2.45) is 5.92 Å². The molecule has 0 aliphatic carbocycles. The van der Waals surface area contributed by atoms with E-state index < -0.39 is 0 Å². The molecule has 0 aromatic heterocycles. The summed E-state index contributed by atoms with van der Waals surface area (Å²) in [6, 6.07) is 0. The molecule has 0 saturated carbocycles. The molecule has 0 aromatic rings. The molecule has 1 atom stereocenters. The Balaban J connectivity index is 3.29. The zero-order valence-corrected chi connectivity index (χ0v) is 8.55. The van der Waals surface area contributed by atoms with Crippen LogP contribution in [0.2, 0.25) is 0 Å². The highest BCUT2D eigenvalue weighted by molar-refractivity contribution is 4.54. The predicted molar refractivity (Wildman–Crippen MR) is 49.8 cm³/mol. The van der Waals surface area contributed by atoms with Crippen LogP contribution in [0.4, 0.5) is 0 Å². The van der Waals surface area contributed by atoms with Gasteiger partial charge in [-0.3, -0.25) is 0 Å². The van der Waals surface area contributed by atoms with Gasteiger partial charge in [-0.15, -0.1) is 0 Å². The first-order chi connectivity index (χ1) is 5.02. The Bertz CT molecular complexity index is 86.9. The molecular weight excluding hydrogens is 136 g/mol. The maximum absolute atomic E-state index is 5.60. The normalized spacial score (nSPS) is 14.5. The minimum absolute atomic E-state index is 0.372. The van der Waals surface area contributed by atoms with Crippen LogP contribution in [-0.4, -0.2) is 12.2 Å². The van der Waals surface area contributed by atoms with Crippen LogP contribution in [0.3, 0.4) is 0 Å². The number of ether oxygens (including phenoxy) is 1. The molecule has 0 aliphatic heterocycles. The molecule has 1 nitrogen and oxygen atoms in total. The van der Waals surface area contributed by atoms with Crippen molar-refractivity contribution in [1.82, 2.24) is 0 Å². The first-order valence-electron chi connectivity index (χ1n) is 4.67. The smallest absolute Gasteiger partial charge is 0.0550 e. The molecule has 0 aromatic carbocycles. The van der Waals surface area contributed by atoms with Crippen molar-refractivity contribution in [3.63, 3.8) is 0 Å². The lowest BCUT2D eigenvalue weighted by Gasteiger charge is -2.16. The van der Waals surface area contributed by atoms with E-state index in [2.05, 4.69) is 34.6 Å². The van der Waals surface area contributed by atoms with E-state index in [4.69, 9.17) is 4.74 Å². The number of hydrogen-bond donors (Lipinski definition) is 0. The number of rotatable bonds is 5. The molecule has 0 bridgehead atoms. The molecule has 0 aliphatic rings. The monoisotopic (exact) mass is 158 g/mol. The fourth-order valence-corrected chi connectivity index (χ4v) is 1.10. The molecule has 0 rings (SSSR count). The van der Waals surface area contributed by atoms with Crippen molar-refractivity contribution >= 4 is 0 Å². The van der Waals surface area contributed by atoms with Crippen LogP contribution >= 0.6 is 0 Å². The van der Waals surface area contributed by atoms with E-state index in [0.29, 0.717) is 12.2 Å². The van der Waals surface area contributed by atoms with Gasteiger partial charge in [0.25, 0.3) is 0 Å². The van der Waals surface area contributed by atoms with Gasteiger partial charge in [0.2, 0.25) is 0 Å². The van der Waals surface area contributed by atoms with Crippen LogP contribution in [0.5, 0.6) is 0 Å². The molecule has 0 saturated heterocycles. The van der Waals surface area contributed by atoms with Crippen molar-refractivity contribution in [2.45, 2.75) is 59.7 Å². The first kappa shape index (κ1) is 11.0. The molecule has 0 amide bonds. The highest BCUT2D eigenvalue weighted by atomic mass is 16.5. The van der Waals surface area contributed by atoms with Gasteiger partial charge in [-0.2, -0.15) is 0 Å². The third-order valence-corrected chi connectivity index (χ3v) is 1.66. The Labute approximate surface area is 71.1 Å². The Morgan fingerprint density at radius 1 is 0.909 bits per heavy atom. The molecule has 0 spiro atoms. The summed E-state index contributed by atoms with van der Waals surface area (Å²) < 4.78 is 5.60.